The number of piperidine rings is 1. The molecular weight excluding hydrogens is 629 g/mol. The van der Waals surface area contributed by atoms with Crippen LogP contribution in [0.1, 0.15) is 62.5 Å². The summed E-state index contributed by atoms with van der Waals surface area (Å²) < 4.78 is 2.00. The maximum absolute atomic E-state index is 9.93. The molecule has 0 bridgehead atoms. The predicted octanol–water partition coefficient (Wildman–Crippen LogP) is 8.43. The highest BCUT2D eigenvalue weighted by Gasteiger charge is 2.29. The van der Waals surface area contributed by atoms with Gasteiger partial charge in [0.2, 0.25) is 0 Å². The van der Waals surface area contributed by atoms with Crippen LogP contribution in [0, 0.1) is 11.3 Å². The molecule has 3 aromatic heterocycles. The lowest BCUT2D eigenvalue weighted by molar-refractivity contribution is 0.0866. The van der Waals surface area contributed by atoms with E-state index in [0.29, 0.717) is 48.6 Å². The Morgan fingerprint density at radius 3 is 2.40 bits per heavy atom. The molecule has 1 fully saturated rings. The number of nitriles is 1. The first-order valence-corrected chi connectivity index (χ1v) is 15.8. The number of rotatable bonds is 7. The number of anilines is 3. The second-order valence-corrected chi connectivity index (χ2v) is 13.5. The molecule has 0 saturated carbocycles. The maximum atomic E-state index is 9.93. The van der Waals surface area contributed by atoms with E-state index in [1.54, 1.807) is 18.5 Å². The van der Waals surface area contributed by atoms with Gasteiger partial charge in [0.05, 0.1) is 57.0 Å². The number of likely N-dealkylation sites (tertiary alicyclic amines) is 1. The smallest absolute Gasteiger partial charge is 0.109 e. The van der Waals surface area contributed by atoms with Crippen LogP contribution in [-0.4, -0.2) is 48.5 Å². The number of halogens is 3. The van der Waals surface area contributed by atoms with Gasteiger partial charge in [-0.05, 0) is 69.5 Å². The Hall–Kier alpha value is -3.94. The molecule has 5 aromatic rings. The molecule has 2 aromatic carbocycles. The molecule has 2 N–H and O–H groups in total. The normalized spacial score (nSPS) is 15.1. The van der Waals surface area contributed by atoms with Crippen LogP contribution < -0.4 is 10.6 Å². The third-order valence-corrected chi connectivity index (χ3v) is 8.89. The second-order valence-electron chi connectivity index (χ2n) is 12.2. The van der Waals surface area contributed by atoms with Gasteiger partial charge in [0.25, 0.3) is 0 Å². The summed E-state index contributed by atoms with van der Waals surface area (Å²) >= 11 is 19.2. The number of benzene rings is 2. The zero-order valence-corrected chi connectivity index (χ0v) is 27.4. The lowest BCUT2D eigenvalue weighted by Crippen LogP contribution is -2.46. The summed E-state index contributed by atoms with van der Waals surface area (Å²) in [6.07, 6.45) is 8.72. The Labute approximate surface area is 277 Å². The maximum Gasteiger partial charge on any atom is 0.109 e. The van der Waals surface area contributed by atoms with Gasteiger partial charge in [-0.15, -0.1) is 5.10 Å². The molecule has 45 heavy (non-hydrogen) atoms. The van der Waals surface area contributed by atoms with Gasteiger partial charge in [-0.2, -0.15) is 5.26 Å². The standard InChI is InChI=1S/C33H32Cl3N9/c1-33(2,3)44-10-8-26(9-11-44)45-19-29(42-43-45)31(20-4-6-22(34)7-5-20)40-24-13-27-30(41-25-12-23(35)17-38-18-25)21(15-37)16-39-32(27)28(36)14-24/h4-7,12-14,16-19,26,31,40H,8-11H2,1-3H3,(H,39,41)/t31-/m0/s1. The number of nitrogens with zero attached hydrogens (tertiary/aromatic N) is 7. The summed E-state index contributed by atoms with van der Waals surface area (Å²) in [5.41, 5.74) is 4.66. The molecule has 9 nitrogen and oxygen atoms in total. The predicted molar refractivity (Wildman–Crippen MR) is 181 cm³/mol. The van der Waals surface area contributed by atoms with E-state index in [2.05, 4.69) is 62.7 Å². The Kier molecular flexibility index (Phi) is 8.85. The molecule has 0 radical (unpaired) electrons. The number of hydrogen-bond donors (Lipinski definition) is 2. The molecule has 6 rings (SSSR count). The van der Waals surface area contributed by atoms with Gasteiger partial charge in [0.1, 0.15) is 11.8 Å². The SMILES string of the molecule is CC(C)(C)N1CCC(n2cc([C@@H](Nc3cc(Cl)c4ncc(C#N)c(Nc5cncc(Cl)c5)c4c3)c3ccc(Cl)cc3)nn2)CC1. The number of nitrogens with one attached hydrogen (secondary N) is 2. The molecule has 230 valence electrons. The third kappa shape index (κ3) is 6.85. The Bertz CT molecular complexity index is 1870. The van der Waals surface area contributed by atoms with Gasteiger partial charge < -0.3 is 10.6 Å². The van der Waals surface area contributed by atoms with Crippen molar-refractivity contribution in [2.24, 2.45) is 0 Å². The van der Waals surface area contributed by atoms with Crippen molar-refractivity contribution in [3.63, 3.8) is 0 Å². The number of hydrogen-bond acceptors (Lipinski definition) is 8. The van der Waals surface area contributed by atoms with Crippen LogP contribution in [0.5, 0.6) is 0 Å². The van der Waals surface area contributed by atoms with Crippen LogP contribution in [0.15, 0.2) is 67.3 Å². The van der Waals surface area contributed by atoms with Crippen molar-refractivity contribution < 1.29 is 0 Å². The monoisotopic (exact) mass is 659 g/mol. The quantitative estimate of drug-likeness (QED) is 0.179. The zero-order valence-electron chi connectivity index (χ0n) is 25.1. The molecule has 1 aliphatic rings. The molecule has 1 atom stereocenters. The molecule has 0 aliphatic carbocycles. The minimum absolute atomic E-state index is 0.146. The zero-order chi connectivity index (χ0) is 31.7. The fraction of sp³-hybridized carbons (Fsp3) is 0.303. The minimum atomic E-state index is -0.361. The first kappa shape index (κ1) is 31.1. The van der Waals surface area contributed by atoms with Gasteiger partial charge >= 0.3 is 0 Å². The number of fused-ring (bicyclic) bond motifs is 1. The van der Waals surface area contributed by atoms with Crippen molar-refractivity contribution in [2.75, 3.05) is 23.7 Å². The number of aromatic nitrogens is 5. The summed E-state index contributed by atoms with van der Waals surface area (Å²) in [5.74, 6) is 0. The van der Waals surface area contributed by atoms with E-state index in [4.69, 9.17) is 34.8 Å². The second kappa shape index (κ2) is 12.8. The fourth-order valence-corrected chi connectivity index (χ4v) is 6.31. The van der Waals surface area contributed by atoms with Crippen LogP contribution in [0.4, 0.5) is 17.1 Å². The summed E-state index contributed by atoms with van der Waals surface area (Å²) in [6.45, 7) is 8.79. The molecule has 0 amide bonds. The Morgan fingerprint density at radius 1 is 0.956 bits per heavy atom. The first-order chi connectivity index (χ1) is 21.6. The highest BCUT2D eigenvalue weighted by molar-refractivity contribution is 6.36. The van der Waals surface area contributed by atoms with Gasteiger partial charge in [0, 0.05) is 47.1 Å². The molecular formula is C33H32Cl3N9. The summed E-state index contributed by atoms with van der Waals surface area (Å²) in [7, 11) is 0. The summed E-state index contributed by atoms with van der Waals surface area (Å²) in [5, 5.41) is 28.2. The van der Waals surface area contributed by atoms with E-state index in [1.165, 1.54) is 6.20 Å². The van der Waals surface area contributed by atoms with Crippen molar-refractivity contribution >= 4 is 62.8 Å². The highest BCUT2D eigenvalue weighted by atomic mass is 35.5. The highest BCUT2D eigenvalue weighted by Crippen LogP contribution is 2.37. The van der Waals surface area contributed by atoms with E-state index in [-0.39, 0.29) is 17.6 Å². The van der Waals surface area contributed by atoms with Crippen LogP contribution in [0.2, 0.25) is 15.1 Å². The van der Waals surface area contributed by atoms with Crippen molar-refractivity contribution in [3.8, 4) is 6.07 Å². The van der Waals surface area contributed by atoms with Crippen LogP contribution >= 0.6 is 34.8 Å². The summed E-state index contributed by atoms with van der Waals surface area (Å²) in [4.78, 5) is 11.2. The van der Waals surface area contributed by atoms with E-state index >= 15 is 0 Å². The van der Waals surface area contributed by atoms with Gasteiger partial charge in [-0.25, -0.2) is 4.68 Å². The molecule has 0 unspecified atom stereocenters. The van der Waals surface area contributed by atoms with Gasteiger partial charge in [-0.3, -0.25) is 14.9 Å². The Morgan fingerprint density at radius 2 is 1.71 bits per heavy atom. The third-order valence-electron chi connectivity index (χ3n) is 8.14. The van der Waals surface area contributed by atoms with Crippen molar-refractivity contribution in [3.05, 3.63) is 99.1 Å². The molecule has 0 spiro atoms. The lowest BCUT2D eigenvalue weighted by Gasteiger charge is -2.40. The largest absolute Gasteiger partial charge is 0.373 e. The number of pyridine rings is 2. The summed E-state index contributed by atoms with van der Waals surface area (Å²) in [6, 6.07) is 15.3. The lowest BCUT2D eigenvalue weighted by atomic mass is 9.98. The fourth-order valence-electron chi connectivity index (χ4n) is 5.74. The average molecular weight is 661 g/mol. The van der Waals surface area contributed by atoms with E-state index in [1.807, 2.05) is 47.3 Å². The van der Waals surface area contributed by atoms with E-state index < -0.39 is 0 Å². The van der Waals surface area contributed by atoms with Crippen molar-refractivity contribution in [1.29, 1.82) is 5.26 Å². The molecule has 12 heteroatoms. The van der Waals surface area contributed by atoms with Crippen LogP contribution in [-0.2, 0) is 0 Å². The van der Waals surface area contributed by atoms with E-state index in [0.717, 1.165) is 37.2 Å². The molecule has 1 saturated heterocycles. The molecule has 1 aliphatic heterocycles. The Balaban J connectivity index is 1.36. The van der Waals surface area contributed by atoms with Crippen molar-refractivity contribution in [1.82, 2.24) is 29.9 Å². The average Bonchev–Trinajstić information content (AvgIpc) is 3.51. The minimum Gasteiger partial charge on any atom is -0.373 e. The van der Waals surface area contributed by atoms with Gasteiger partial charge in [-0.1, -0.05) is 52.1 Å². The first-order valence-electron chi connectivity index (χ1n) is 14.7. The van der Waals surface area contributed by atoms with Crippen LogP contribution in [0.3, 0.4) is 0 Å². The van der Waals surface area contributed by atoms with Crippen molar-refractivity contribution in [2.45, 2.75) is 51.2 Å². The molecule has 4 heterocycles. The van der Waals surface area contributed by atoms with E-state index in [9.17, 15) is 5.26 Å². The topological polar surface area (TPSA) is 108 Å². The van der Waals surface area contributed by atoms with Crippen LogP contribution in [0.25, 0.3) is 10.9 Å². The van der Waals surface area contributed by atoms with Gasteiger partial charge in [0.15, 0.2) is 0 Å².